The minimum atomic E-state index is -0.560. The number of nitrogens with one attached hydrogen (secondary N) is 2. The first-order valence-corrected chi connectivity index (χ1v) is 7.84. The number of ether oxygens (including phenoxy) is 1. The van der Waals surface area contributed by atoms with Gasteiger partial charge in [-0.15, -0.1) is 0 Å². The molecule has 2 aromatic carbocycles. The number of hydrogen-bond donors (Lipinski definition) is 3. The van der Waals surface area contributed by atoms with Crippen molar-refractivity contribution in [2.24, 2.45) is 5.73 Å². The molecule has 2 amide bonds. The molecule has 7 heteroatoms. The summed E-state index contributed by atoms with van der Waals surface area (Å²) in [5.41, 5.74) is 7.70. The van der Waals surface area contributed by atoms with Crippen LogP contribution in [0.3, 0.4) is 0 Å². The lowest BCUT2D eigenvalue weighted by Crippen LogP contribution is -2.23. The molecule has 3 rings (SSSR count). The van der Waals surface area contributed by atoms with E-state index in [2.05, 4.69) is 27.1 Å². The molecule has 0 bridgehead atoms. The number of imidazole rings is 1. The molecule has 3 aromatic rings. The normalized spacial score (nSPS) is 10.0. The van der Waals surface area contributed by atoms with E-state index in [1.165, 1.54) is 0 Å². The molecular formula is C19H16N4O3. The average Bonchev–Trinajstić information content (AvgIpc) is 3.12. The van der Waals surface area contributed by atoms with Crippen LogP contribution in [0.4, 0.5) is 0 Å². The summed E-state index contributed by atoms with van der Waals surface area (Å²) in [6, 6.07) is 11.9. The van der Waals surface area contributed by atoms with Gasteiger partial charge in [-0.05, 0) is 30.3 Å². The number of hydrogen-bond acceptors (Lipinski definition) is 4. The molecule has 0 fully saturated rings. The first kappa shape index (κ1) is 17.0. The third-order valence-corrected chi connectivity index (χ3v) is 3.60. The quantitative estimate of drug-likeness (QED) is 0.607. The predicted molar refractivity (Wildman–Crippen MR) is 96.7 cm³/mol. The molecule has 0 saturated carbocycles. The topological polar surface area (TPSA) is 110 Å². The number of rotatable bonds is 5. The highest BCUT2D eigenvalue weighted by atomic mass is 16.5. The fourth-order valence-corrected chi connectivity index (χ4v) is 2.33. The molecule has 0 radical (unpaired) electrons. The number of primary amides is 1. The lowest BCUT2D eigenvalue weighted by Gasteiger charge is -2.05. The second-order valence-electron chi connectivity index (χ2n) is 5.32. The molecule has 0 aliphatic heterocycles. The Labute approximate surface area is 149 Å². The maximum atomic E-state index is 12.1. The molecule has 0 aliphatic rings. The minimum absolute atomic E-state index is 0.0836. The molecule has 0 atom stereocenters. The van der Waals surface area contributed by atoms with Gasteiger partial charge in [0.1, 0.15) is 12.4 Å². The summed E-state index contributed by atoms with van der Waals surface area (Å²) in [7, 11) is 0. The van der Waals surface area contributed by atoms with Crippen LogP contribution in [0.2, 0.25) is 0 Å². The Kier molecular flexibility index (Phi) is 5.15. The van der Waals surface area contributed by atoms with Gasteiger partial charge in [-0.3, -0.25) is 9.59 Å². The Morgan fingerprint density at radius 2 is 2.04 bits per heavy atom. The zero-order valence-electron chi connectivity index (χ0n) is 13.8. The predicted octanol–water partition coefficient (Wildman–Crippen LogP) is 1.47. The van der Waals surface area contributed by atoms with Crippen LogP contribution < -0.4 is 15.8 Å². The van der Waals surface area contributed by atoms with Crippen LogP contribution in [0.5, 0.6) is 5.75 Å². The van der Waals surface area contributed by atoms with E-state index in [9.17, 15) is 9.59 Å². The number of aromatic amines is 1. The van der Waals surface area contributed by atoms with E-state index in [0.29, 0.717) is 16.9 Å². The SMILES string of the molecule is NC(=O)c1ccccc1OCC#CCNC(=O)c1ccc2nc[nH]c2c1. The van der Waals surface area contributed by atoms with Gasteiger partial charge in [0.25, 0.3) is 11.8 Å². The summed E-state index contributed by atoms with van der Waals surface area (Å²) in [5.74, 6) is 5.17. The maximum absolute atomic E-state index is 12.1. The van der Waals surface area contributed by atoms with Crippen molar-refractivity contribution in [2.75, 3.05) is 13.2 Å². The number of aromatic nitrogens is 2. The van der Waals surface area contributed by atoms with Gasteiger partial charge in [0.05, 0.1) is 29.5 Å². The Morgan fingerprint density at radius 1 is 1.19 bits per heavy atom. The number of H-pyrrole nitrogens is 1. The van der Waals surface area contributed by atoms with Gasteiger partial charge in [-0.1, -0.05) is 24.0 Å². The zero-order valence-corrected chi connectivity index (χ0v) is 13.8. The fraction of sp³-hybridized carbons (Fsp3) is 0.105. The fourth-order valence-electron chi connectivity index (χ4n) is 2.33. The van der Waals surface area contributed by atoms with E-state index in [0.717, 1.165) is 11.0 Å². The summed E-state index contributed by atoms with van der Waals surface area (Å²) in [6.07, 6.45) is 1.58. The van der Waals surface area contributed by atoms with E-state index < -0.39 is 5.91 Å². The summed E-state index contributed by atoms with van der Waals surface area (Å²) >= 11 is 0. The van der Waals surface area contributed by atoms with Crippen LogP contribution in [0, 0.1) is 11.8 Å². The molecule has 130 valence electrons. The lowest BCUT2D eigenvalue weighted by molar-refractivity contribution is 0.0957. The number of carbonyl (C=O) groups excluding carboxylic acids is 2. The first-order chi connectivity index (χ1) is 12.6. The van der Waals surface area contributed by atoms with Crippen molar-refractivity contribution in [1.82, 2.24) is 15.3 Å². The largest absolute Gasteiger partial charge is 0.480 e. The molecule has 0 spiro atoms. The first-order valence-electron chi connectivity index (χ1n) is 7.84. The molecule has 4 N–H and O–H groups in total. The van der Waals surface area contributed by atoms with Crippen LogP contribution in [0.1, 0.15) is 20.7 Å². The monoisotopic (exact) mass is 348 g/mol. The Balaban J connectivity index is 1.50. The number of benzene rings is 2. The van der Waals surface area contributed by atoms with Crippen molar-refractivity contribution < 1.29 is 14.3 Å². The molecule has 0 saturated heterocycles. The molecule has 26 heavy (non-hydrogen) atoms. The summed E-state index contributed by atoms with van der Waals surface area (Å²) in [5, 5.41) is 2.71. The highest BCUT2D eigenvalue weighted by Gasteiger charge is 2.07. The van der Waals surface area contributed by atoms with Gasteiger partial charge < -0.3 is 20.8 Å². The average molecular weight is 348 g/mol. The van der Waals surface area contributed by atoms with Gasteiger partial charge >= 0.3 is 0 Å². The summed E-state index contributed by atoms with van der Waals surface area (Å²) in [6.45, 7) is 0.265. The van der Waals surface area contributed by atoms with E-state index in [1.807, 2.05) is 0 Å². The number of amides is 2. The standard InChI is InChI=1S/C19H16N4O3/c20-18(24)14-5-1-2-6-17(14)26-10-4-3-9-21-19(25)13-7-8-15-16(11-13)23-12-22-15/h1-2,5-8,11-12H,9-10H2,(H2,20,24)(H,21,25)(H,22,23). The number of nitrogens with zero attached hydrogens (tertiary/aromatic N) is 1. The molecule has 1 aromatic heterocycles. The Bertz CT molecular complexity index is 1010. The summed E-state index contributed by atoms with van der Waals surface area (Å²) in [4.78, 5) is 30.4. The second-order valence-corrected chi connectivity index (χ2v) is 5.32. The van der Waals surface area contributed by atoms with Crippen LogP contribution in [-0.2, 0) is 0 Å². The van der Waals surface area contributed by atoms with Gasteiger partial charge in [0, 0.05) is 5.56 Å². The molecule has 0 unspecified atom stereocenters. The number of para-hydroxylation sites is 1. The number of nitrogens with two attached hydrogens (primary N) is 1. The molecule has 7 nitrogen and oxygen atoms in total. The lowest BCUT2D eigenvalue weighted by atomic mass is 10.2. The van der Waals surface area contributed by atoms with Crippen LogP contribution >= 0.6 is 0 Å². The number of fused-ring (bicyclic) bond motifs is 1. The van der Waals surface area contributed by atoms with E-state index >= 15 is 0 Å². The van der Waals surface area contributed by atoms with Crippen LogP contribution in [0.25, 0.3) is 11.0 Å². The highest BCUT2D eigenvalue weighted by molar-refractivity contribution is 5.97. The van der Waals surface area contributed by atoms with E-state index in [4.69, 9.17) is 10.5 Å². The maximum Gasteiger partial charge on any atom is 0.252 e. The Hall–Kier alpha value is -3.79. The van der Waals surface area contributed by atoms with Gasteiger partial charge in [-0.2, -0.15) is 0 Å². The number of carbonyl (C=O) groups is 2. The minimum Gasteiger partial charge on any atom is -0.480 e. The van der Waals surface area contributed by atoms with Gasteiger partial charge in [0.15, 0.2) is 0 Å². The third kappa shape index (κ3) is 3.99. The van der Waals surface area contributed by atoms with Crippen molar-refractivity contribution >= 4 is 22.8 Å². The molecule has 0 aliphatic carbocycles. The van der Waals surface area contributed by atoms with Crippen molar-refractivity contribution in [3.63, 3.8) is 0 Å². The van der Waals surface area contributed by atoms with Gasteiger partial charge in [-0.25, -0.2) is 4.98 Å². The second kappa shape index (κ2) is 7.85. The summed E-state index contributed by atoms with van der Waals surface area (Å²) < 4.78 is 5.43. The highest BCUT2D eigenvalue weighted by Crippen LogP contribution is 2.16. The molecular weight excluding hydrogens is 332 g/mol. The third-order valence-electron chi connectivity index (χ3n) is 3.60. The van der Waals surface area contributed by atoms with Crippen molar-refractivity contribution in [2.45, 2.75) is 0 Å². The van der Waals surface area contributed by atoms with Crippen LogP contribution in [-0.4, -0.2) is 34.9 Å². The van der Waals surface area contributed by atoms with Crippen molar-refractivity contribution in [3.05, 3.63) is 59.9 Å². The zero-order chi connectivity index (χ0) is 18.4. The van der Waals surface area contributed by atoms with Gasteiger partial charge in [0.2, 0.25) is 0 Å². The Morgan fingerprint density at radius 3 is 2.88 bits per heavy atom. The van der Waals surface area contributed by atoms with Crippen LogP contribution in [0.15, 0.2) is 48.8 Å². The van der Waals surface area contributed by atoms with Crippen molar-refractivity contribution in [1.29, 1.82) is 0 Å². The van der Waals surface area contributed by atoms with E-state index in [1.54, 1.807) is 48.8 Å². The molecule has 1 heterocycles. The van der Waals surface area contributed by atoms with Crippen molar-refractivity contribution in [3.8, 4) is 17.6 Å². The van der Waals surface area contributed by atoms with E-state index in [-0.39, 0.29) is 19.1 Å². The smallest absolute Gasteiger partial charge is 0.252 e.